The molecule has 0 saturated carbocycles. The predicted octanol–water partition coefficient (Wildman–Crippen LogP) is 12.1. The summed E-state index contributed by atoms with van der Waals surface area (Å²) < 4.78 is 25.4. The molecule has 1 aliphatic heterocycles. The number of H-pyrrole nitrogens is 3. The Morgan fingerprint density at radius 2 is 1.76 bits per heavy atom. The van der Waals surface area contributed by atoms with Crippen LogP contribution in [-0.2, 0) is 27.7 Å². The van der Waals surface area contributed by atoms with Gasteiger partial charge in [0.05, 0.1) is 64.9 Å². The van der Waals surface area contributed by atoms with E-state index in [0.29, 0.717) is 5.69 Å². The molecule has 5 aliphatic rings. The minimum Gasteiger partial charge on any atom is -0.361 e. The number of fused-ring (bicyclic) bond motifs is 7. The normalized spacial score (nSPS) is 18.8. The Bertz CT molecular complexity index is 3790. The van der Waals surface area contributed by atoms with Gasteiger partial charge in [0, 0.05) is 51.0 Å². The number of carbonyl (C=O) groups is 1. The van der Waals surface area contributed by atoms with E-state index in [2.05, 4.69) is 101 Å². The van der Waals surface area contributed by atoms with Crippen LogP contribution in [0.25, 0.3) is 39.3 Å². The molecule has 0 radical (unpaired) electrons. The molecule has 12 rings (SSSR count). The van der Waals surface area contributed by atoms with Crippen LogP contribution in [0.3, 0.4) is 0 Å². The van der Waals surface area contributed by atoms with Crippen LogP contribution in [0, 0.1) is 24.2 Å². The lowest BCUT2D eigenvalue weighted by molar-refractivity contribution is -0.110. The summed E-state index contributed by atoms with van der Waals surface area (Å²) in [6.45, 7) is 7.58. The largest absolute Gasteiger partial charge is 0.361 e. The molecule has 0 spiro atoms. The zero-order valence-electron chi connectivity index (χ0n) is 44.1. The molecule has 0 saturated heterocycles. The number of ketones is 1. The second-order valence-electron chi connectivity index (χ2n) is 20.2. The molecule has 0 amide bonds. The van der Waals surface area contributed by atoms with Crippen LogP contribution in [-0.4, -0.2) is 73.5 Å². The molecule has 7 aromatic rings. The van der Waals surface area contributed by atoms with Crippen molar-refractivity contribution in [3.8, 4) is 17.3 Å². The van der Waals surface area contributed by atoms with Gasteiger partial charge in [0.1, 0.15) is 11.0 Å². The monoisotopic (exact) mass is 1060 g/mol. The van der Waals surface area contributed by atoms with Crippen molar-refractivity contribution >= 4 is 72.3 Å². The molecule has 78 heavy (non-hydrogen) atoms. The van der Waals surface area contributed by atoms with Gasteiger partial charge in [0.15, 0.2) is 5.78 Å². The maximum Gasteiger partial charge on any atom is 0.229 e. The molecule has 3 aromatic carbocycles. The second kappa shape index (κ2) is 23.6. The number of nitrogens with zero attached hydrogens (tertiary/aromatic N) is 7. The van der Waals surface area contributed by atoms with Crippen molar-refractivity contribution < 1.29 is 13.2 Å². The molecule has 396 valence electrons. The summed E-state index contributed by atoms with van der Waals surface area (Å²) in [5.74, 6) is 0.191. The van der Waals surface area contributed by atoms with Crippen molar-refractivity contribution in [2.45, 2.75) is 96.4 Å². The number of hydrogen-bond acceptors (Lipinski definition) is 12. The maximum absolute atomic E-state index is 11.4. The Hall–Kier alpha value is -8.75. The number of benzene rings is 3. The number of pyridine rings is 1. The van der Waals surface area contributed by atoms with Gasteiger partial charge >= 0.3 is 0 Å². The van der Waals surface area contributed by atoms with Gasteiger partial charge in [-0.05, 0) is 185 Å². The minimum absolute atomic E-state index is 0.0553. The van der Waals surface area contributed by atoms with Crippen LogP contribution in [0.15, 0.2) is 155 Å². The lowest BCUT2D eigenvalue weighted by atomic mass is 9.74. The number of carbonyl (C=O) groups excluding carboxylic acids is 1. The topological polar surface area (TPSA) is 235 Å². The molecular weight excluding hydrogens is 995 g/mol. The number of para-hydroxylation sites is 1. The van der Waals surface area contributed by atoms with Crippen LogP contribution in [0.4, 0.5) is 17.1 Å². The average molecular weight is 1060 g/mol. The van der Waals surface area contributed by atoms with E-state index in [1.165, 1.54) is 59.3 Å². The van der Waals surface area contributed by atoms with Gasteiger partial charge < -0.3 is 15.7 Å². The van der Waals surface area contributed by atoms with Crippen molar-refractivity contribution in [2.24, 2.45) is 16.0 Å². The Morgan fingerprint density at radius 1 is 0.949 bits per heavy atom. The van der Waals surface area contributed by atoms with E-state index in [4.69, 9.17) is 9.98 Å². The van der Waals surface area contributed by atoms with Crippen LogP contribution in [0.2, 0.25) is 0 Å². The molecule has 5 heterocycles. The standard InChI is InChI=1S/C22H23N3O2S.C20H20N6.C19H20N4O/c1-28(26,27)25-19-9-7-17(8-10-19)22(16-5-3-2-4-6-16)24-20-11-12-21-18(15-20)13-14-23-21;1-10-15(9-22-24-10)20-14-7-12(8-21)3-4-13(14)19-16(23-20)5-6-17-18(19)11(2)25-26-17;1-2-15(24)10-6-11-16(14-8-4-3-5-9-14)20-17-12-7-13-18-19(17)22-23-21-18/h5,7-15,23,25H,2-4,6H2,1H3;5-6,9,12,17-18,26H,3-4,7H2,1-2H3,(H,22,24);2,6-8,10-13,20H,1,3-5,9H2,(H,21,22,23). The molecular formula is C61H63N13O3S. The summed E-state index contributed by atoms with van der Waals surface area (Å²) in [6.07, 6.45) is 31.8. The number of aromatic nitrogens is 7. The zero-order valence-corrected chi connectivity index (χ0v) is 44.9. The van der Waals surface area contributed by atoms with Gasteiger partial charge in [0.2, 0.25) is 10.0 Å². The Kier molecular flexibility index (Phi) is 16.0. The van der Waals surface area contributed by atoms with E-state index in [1.807, 2.05) is 73.9 Å². The highest BCUT2D eigenvalue weighted by Gasteiger charge is 2.38. The molecule has 4 aliphatic carbocycles. The molecule has 4 aromatic heterocycles. The molecule has 16 nitrogen and oxygen atoms in total. The molecule has 0 fully saturated rings. The highest BCUT2D eigenvalue weighted by molar-refractivity contribution is 7.92. The Balaban J connectivity index is 0.000000133. The smallest absolute Gasteiger partial charge is 0.229 e. The van der Waals surface area contributed by atoms with Gasteiger partial charge in [-0.15, -0.1) is 0 Å². The van der Waals surface area contributed by atoms with Crippen LogP contribution in [0.1, 0.15) is 104 Å². The van der Waals surface area contributed by atoms with Gasteiger partial charge in [-0.2, -0.15) is 30.9 Å². The zero-order chi connectivity index (χ0) is 54.2. The highest BCUT2D eigenvalue weighted by Crippen LogP contribution is 2.43. The second-order valence-corrected chi connectivity index (χ2v) is 22.0. The number of hydrogen-bond donors (Lipinski definition) is 6. The van der Waals surface area contributed by atoms with E-state index in [-0.39, 0.29) is 23.7 Å². The number of nitrogens with one attached hydrogen (secondary N) is 6. The first kappa shape index (κ1) is 52.7. The molecule has 6 N–H and O–H groups in total. The first-order chi connectivity index (χ1) is 37.9. The Labute approximate surface area is 454 Å². The predicted molar refractivity (Wildman–Crippen MR) is 312 cm³/mol. The number of hydrazone groups is 1. The highest BCUT2D eigenvalue weighted by atomic mass is 32.2. The fourth-order valence-electron chi connectivity index (χ4n) is 10.9. The number of sulfonamides is 1. The summed E-state index contributed by atoms with van der Waals surface area (Å²) in [5, 5.41) is 36.7. The number of rotatable bonds is 12. The van der Waals surface area contributed by atoms with Gasteiger partial charge in [-0.1, -0.05) is 49.1 Å². The summed E-state index contributed by atoms with van der Waals surface area (Å²) in [4.78, 5) is 24.6. The van der Waals surface area contributed by atoms with Crippen molar-refractivity contribution in [3.05, 3.63) is 179 Å². The van der Waals surface area contributed by atoms with Crippen LogP contribution in [0.5, 0.6) is 0 Å². The first-order valence-electron chi connectivity index (χ1n) is 26.6. The minimum atomic E-state index is -3.29. The number of aryl methyl sites for hydroxylation is 1. The van der Waals surface area contributed by atoms with E-state index in [0.717, 1.165) is 136 Å². The summed E-state index contributed by atoms with van der Waals surface area (Å²) in [7, 11) is -3.29. The summed E-state index contributed by atoms with van der Waals surface area (Å²) in [6, 6.07) is 24.1. The number of aromatic amines is 3. The number of aliphatic imine (C=N–C) groups is 1. The fourth-order valence-corrected chi connectivity index (χ4v) is 11.4. The molecule has 17 heteroatoms. The SMILES string of the molecule is C=CC(=O)C=CC=C(Nc1cccc2n[nH]nc12)C1=CCCCC1.CC1=NNC2C=Cc3nc(-c4cn[nH]c4C)c4c(c3C12)CCC(C#N)C4.CS(=O)(=O)Nc1ccc(C(=Nc2ccc3[nH]ccc3c2)C2=CCCCC2)cc1. The van der Waals surface area contributed by atoms with E-state index in [1.54, 1.807) is 18.2 Å². The quantitative estimate of drug-likeness (QED) is 0.0385. The van der Waals surface area contributed by atoms with Gasteiger partial charge in [0.25, 0.3) is 0 Å². The van der Waals surface area contributed by atoms with E-state index in [9.17, 15) is 18.5 Å². The summed E-state index contributed by atoms with van der Waals surface area (Å²) in [5.41, 5.74) is 22.8. The van der Waals surface area contributed by atoms with Crippen molar-refractivity contribution in [2.75, 3.05) is 16.3 Å². The van der Waals surface area contributed by atoms with Crippen molar-refractivity contribution in [3.63, 3.8) is 0 Å². The van der Waals surface area contributed by atoms with E-state index >= 15 is 0 Å². The lowest BCUT2D eigenvalue weighted by Crippen LogP contribution is -2.31. The van der Waals surface area contributed by atoms with Crippen molar-refractivity contribution in [1.29, 1.82) is 5.26 Å². The first-order valence-corrected chi connectivity index (χ1v) is 28.5. The van der Waals surface area contributed by atoms with Gasteiger partial charge in [-0.3, -0.25) is 14.6 Å². The number of anilines is 2. The van der Waals surface area contributed by atoms with Gasteiger partial charge in [-0.25, -0.2) is 18.4 Å². The molecule has 3 atom stereocenters. The third-order valence-corrected chi connectivity index (χ3v) is 15.3. The third-order valence-electron chi connectivity index (χ3n) is 14.7. The lowest BCUT2D eigenvalue weighted by Gasteiger charge is -2.31. The molecule has 0 bridgehead atoms. The summed E-state index contributed by atoms with van der Waals surface area (Å²) >= 11 is 0. The van der Waals surface area contributed by atoms with Crippen LogP contribution < -0.4 is 15.5 Å². The third kappa shape index (κ3) is 12.1. The fraction of sp³-hybridized carbons (Fsp3) is 0.279. The van der Waals surface area contributed by atoms with Crippen molar-refractivity contribution in [1.82, 2.24) is 41.0 Å². The maximum atomic E-state index is 11.4. The number of nitriles is 1. The average Bonchev–Trinajstić information content (AvgIpc) is 4.46. The molecule has 3 unspecified atom stereocenters. The van der Waals surface area contributed by atoms with E-state index < -0.39 is 10.0 Å². The number of allylic oxidation sites excluding steroid dienone is 8. The Morgan fingerprint density at radius 3 is 2.49 bits per heavy atom. The van der Waals surface area contributed by atoms with Crippen LogP contribution >= 0.6 is 0 Å².